The summed E-state index contributed by atoms with van der Waals surface area (Å²) in [6.07, 6.45) is 4.27. The molecule has 0 aliphatic carbocycles. The van der Waals surface area contributed by atoms with E-state index in [1.54, 1.807) is 0 Å². The molecule has 0 saturated carbocycles. The lowest BCUT2D eigenvalue weighted by molar-refractivity contribution is 0.712. The fourth-order valence-corrected chi connectivity index (χ4v) is 2.10. The molecule has 1 aromatic carbocycles. The Morgan fingerprint density at radius 1 is 1.41 bits per heavy atom. The Hall–Kier alpha value is -1.63. The third-order valence-electron chi connectivity index (χ3n) is 3.08. The summed E-state index contributed by atoms with van der Waals surface area (Å²) in [7, 11) is 0. The van der Waals surface area contributed by atoms with Crippen LogP contribution in [0.5, 0.6) is 0 Å². The molecule has 0 fully saturated rings. The minimum atomic E-state index is 0.493. The van der Waals surface area contributed by atoms with Gasteiger partial charge in [0.25, 0.3) is 0 Å². The SMILES string of the molecule is C=C(C)/C(=c1/cccc/c1=C/C=N)C(C)CC. The quantitative estimate of drug-likeness (QED) is 0.765. The minimum absolute atomic E-state index is 0.493. The Kier molecular flexibility index (Phi) is 4.89. The molecule has 0 aliphatic rings. The van der Waals surface area contributed by atoms with Crippen LogP contribution in [0.2, 0.25) is 0 Å². The van der Waals surface area contributed by atoms with Crippen LogP contribution in [-0.4, -0.2) is 6.21 Å². The molecule has 1 unspecified atom stereocenters. The first kappa shape index (κ1) is 13.4. The van der Waals surface area contributed by atoms with Crippen molar-refractivity contribution in [3.8, 4) is 0 Å². The average molecular weight is 227 g/mol. The molecule has 1 atom stereocenters. The topological polar surface area (TPSA) is 23.9 Å². The van der Waals surface area contributed by atoms with Crippen LogP contribution in [0, 0.1) is 11.3 Å². The Labute approximate surface area is 104 Å². The first-order valence-corrected chi connectivity index (χ1v) is 6.07. The van der Waals surface area contributed by atoms with Crippen LogP contribution in [-0.2, 0) is 0 Å². The fourth-order valence-electron chi connectivity index (χ4n) is 2.10. The van der Waals surface area contributed by atoms with Gasteiger partial charge in [-0.1, -0.05) is 50.3 Å². The molecule has 1 aromatic rings. The van der Waals surface area contributed by atoms with Crippen LogP contribution < -0.4 is 10.4 Å². The van der Waals surface area contributed by atoms with Crippen molar-refractivity contribution >= 4 is 17.9 Å². The number of hydrogen-bond acceptors (Lipinski definition) is 1. The zero-order chi connectivity index (χ0) is 12.8. The first-order valence-electron chi connectivity index (χ1n) is 6.07. The fraction of sp³-hybridized carbons (Fsp3) is 0.312. The molecule has 0 aromatic heterocycles. The van der Waals surface area contributed by atoms with Gasteiger partial charge in [0.1, 0.15) is 0 Å². The number of hydrogen-bond donors (Lipinski definition) is 1. The van der Waals surface area contributed by atoms with Gasteiger partial charge in [0.05, 0.1) is 0 Å². The summed E-state index contributed by atoms with van der Waals surface area (Å²) >= 11 is 0. The third kappa shape index (κ3) is 3.16. The van der Waals surface area contributed by atoms with E-state index in [1.807, 2.05) is 24.3 Å². The van der Waals surface area contributed by atoms with Crippen LogP contribution >= 0.6 is 0 Å². The van der Waals surface area contributed by atoms with E-state index in [0.717, 1.165) is 17.2 Å². The highest BCUT2D eigenvalue weighted by Gasteiger charge is 2.08. The summed E-state index contributed by atoms with van der Waals surface area (Å²) in [6, 6.07) is 8.21. The Bertz CT molecular complexity index is 523. The molecular weight excluding hydrogens is 206 g/mol. The van der Waals surface area contributed by atoms with Crippen molar-refractivity contribution in [1.82, 2.24) is 0 Å². The number of allylic oxidation sites excluding steroid dienone is 1. The van der Waals surface area contributed by atoms with Gasteiger partial charge in [-0.05, 0) is 41.3 Å². The van der Waals surface area contributed by atoms with Gasteiger partial charge in [0.2, 0.25) is 0 Å². The molecule has 0 heterocycles. The van der Waals surface area contributed by atoms with Crippen molar-refractivity contribution in [2.45, 2.75) is 27.2 Å². The summed E-state index contributed by atoms with van der Waals surface area (Å²) in [5.74, 6) is 0.493. The van der Waals surface area contributed by atoms with Crippen LogP contribution in [0.25, 0.3) is 11.6 Å². The maximum absolute atomic E-state index is 7.23. The lowest BCUT2D eigenvalue weighted by atomic mass is 9.90. The van der Waals surface area contributed by atoms with Gasteiger partial charge in [-0.15, -0.1) is 0 Å². The van der Waals surface area contributed by atoms with Crippen molar-refractivity contribution in [2.24, 2.45) is 5.92 Å². The number of rotatable bonds is 4. The summed E-state index contributed by atoms with van der Waals surface area (Å²) in [5.41, 5.74) is 2.42. The van der Waals surface area contributed by atoms with Gasteiger partial charge in [-0.25, -0.2) is 0 Å². The van der Waals surface area contributed by atoms with Crippen molar-refractivity contribution in [3.63, 3.8) is 0 Å². The van der Waals surface area contributed by atoms with E-state index in [2.05, 4.69) is 33.4 Å². The predicted molar refractivity (Wildman–Crippen MR) is 76.6 cm³/mol. The van der Waals surface area contributed by atoms with Crippen LogP contribution in [0.1, 0.15) is 27.2 Å². The minimum Gasteiger partial charge on any atom is -0.309 e. The van der Waals surface area contributed by atoms with Crippen molar-refractivity contribution < 1.29 is 0 Å². The van der Waals surface area contributed by atoms with Gasteiger partial charge in [0.15, 0.2) is 0 Å². The van der Waals surface area contributed by atoms with E-state index in [9.17, 15) is 0 Å². The maximum atomic E-state index is 7.23. The Morgan fingerprint density at radius 3 is 2.59 bits per heavy atom. The Morgan fingerprint density at radius 2 is 2.06 bits per heavy atom. The molecule has 1 rings (SSSR count). The van der Waals surface area contributed by atoms with E-state index >= 15 is 0 Å². The van der Waals surface area contributed by atoms with Crippen LogP contribution in [0.15, 0.2) is 36.4 Å². The second-order valence-corrected chi connectivity index (χ2v) is 4.42. The highest BCUT2D eigenvalue weighted by Crippen LogP contribution is 2.20. The average Bonchev–Trinajstić information content (AvgIpc) is 2.31. The third-order valence-corrected chi connectivity index (χ3v) is 3.08. The highest BCUT2D eigenvalue weighted by atomic mass is 14.3. The van der Waals surface area contributed by atoms with Crippen molar-refractivity contribution in [1.29, 1.82) is 5.41 Å². The van der Waals surface area contributed by atoms with E-state index in [0.29, 0.717) is 5.92 Å². The second-order valence-electron chi connectivity index (χ2n) is 4.42. The van der Waals surface area contributed by atoms with E-state index < -0.39 is 0 Å². The summed E-state index contributed by atoms with van der Waals surface area (Å²) in [6.45, 7) is 10.6. The molecule has 0 amide bonds. The summed E-state index contributed by atoms with van der Waals surface area (Å²) in [5, 5.41) is 9.53. The molecule has 0 saturated heterocycles. The molecule has 0 bridgehead atoms. The first-order chi connectivity index (χ1) is 8.11. The number of benzene rings is 1. The van der Waals surface area contributed by atoms with E-state index in [1.165, 1.54) is 17.0 Å². The molecule has 0 spiro atoms. The lowest BCUT2D eigenvalue weighted by Gasteiger charge is -2.14. The summed E-state index contributed by atoms with van der Waals surface area (Å²) in [4.78, 5) is 0. The van der Waals surface area contributed by atoms with Gasteiger partial charge in [0, 0.05) is 6.21 Å². The highest BCUT2D eigenvalue weighted by molar-refractivity contribution is 5.88. The molecule has 90 valence electrons. The predicted octanol–water partition coefficient (Wildman–Crippen LogP) is 2.89. The van der Waals surface area contributed by atoms with Crippen LogP contribution in [0.4, 0.5) is 0 Å². The maximum Gasteiger partial charge on any atom is 0.0183 e. The standard InChI is InChI=1S/C16H21N/c1-5-13(4)16(12(2)3)15-9-7-6-8-14(15)10-11-17/h6-11,13,17H,2,5H2,1,3-4H3/b14-10-,16-15+,17-11?. The molecule has 0 radical (unpaired) electrons. The summed E-state index contributed by atoms with van der Waals surface area (Å²) < 4.78 is 0. The normalized spacial score (nSPS) is 15.4. The van der Waals surface area contributed by atoms with Crippen LogP contribution in [0.3, 0.4) is 0 Å². The second kappa shape index (κ2) is 6.19. The van der Waals surface area contributed by atoms with Gasteiger partial charge < -0.3 is 5.41 Å². The largest absolute Gasteiger partial charge is 0.309 e. The van der Waals surface area contributed by atoms with E-state index in [4.69, 9.17) is 5.41 Å². The molecule has 0 aliphatic heterocycles. The van der Waals surface area contributed by atoms with Gasteiger partial charge in [-0.2, -0.15) is 0 Å². The molecule has 17 heavy (non-hydrogen) atoms. The number of nitrogens with one attached hydrogen (secondary N) is 1. The molecule has 1 heteroatoms. The van der Waals surface area contributed by atoms with Gasteiger partial charge in [-0.3, -0.25) is 0 Å². The monoisotopic (exact) mass is 227 g/mol. The molecule has 1 nitrogen and oxygen atoms in total. The van der Waals surface area contributed by atoms with Crippen molar-refractivity contribution in [2.75, 3.05) is 0 Å². The zero-order valence-corrected chi connectivity index (χ0v) is 11.0. The molecule has 1 N–H and O–H groups in total. The Balaban J connectivity index is 3.70. The molecular formula is C16H21N. The van der Waals surface area contributed by atoms with E-state index in [-0.39, 0.29) is 0 Å². The zero-order valence-electron chi connectivity index (χ0n) is 11.0. The van der Waals surface area contributed by atoms with Gasteiger partial charge >= 0.3 is 0 Å². The van der Waals surface area contributed by atoms with Crippen molar-refractivity contribution in [3.05, 3.63) is 46.9 Å². The lowest BCUT2D eigenvalue weighted by Crippen LogP contribution is -2.29. The smallest absolute Gasteiger partial charge is 0.0183 e.